The molecule has 30 heavy (non-hydrogen) atoms. The Balaban J connectivity index is 1.45. The number of hydrogen-bond acceptors (Lipinski definition) is 4. The summed E-state index contributed by atoms with van der Waals surface area (Å²) in [7, 11) is 1.72. The Morgan fingerprint density at radius 2 is 2.13 bits per heavy atom. The van der Waals surface area contributed by atoms with Crippen molar-refractivity contribution in [2.45, 2.75) is 32.2 Å². The number of rotatable bonds is 4. The first-order valence-electron chi connectivity index (χ1n) is 9.74. The smallest absolute Gasteiger partial charge is 0.291 e. The van der Waals surface area contributed by atoms with Gasteiger partial charge < -0.3 is 10.2 Å². The van der Waals surface area contributed by atoms with E-state index in [1.54, 1.807) is 24.1 Å². The van der Waals surface area contributed by atoms with Gasteiger partial charge in [0.15, 0.2) is 0 Å². The number of aryl methyl sites for hydroxylation is 2. The Kier molecular flexibility index (Phi) is 5.31. The third kappa shape index (κ3) is 4.07. The average Bonchev–Trinajstić information content (AvgIpc) is 3.15. The van der Waals surface area contributed by atoms with Crippen molar-refractivity contribution >= 4 is 17.5 Å². The zero-order chi connectivity index (χ0) is 21.3. The molecule has 3 aromatic rings. The fraction of sp³-hybridized carbons (Fsp3) is 0.273. The Morgan fingerprint density at radius 3 is 2.93 bits per heavy atom. The van der Waals surface area contributed by atoms with Crippen LogP contribution in [0, 0.1) is 12.7 Å². The number of likely N-dealkylation sites (N-methyl/N-ethyl adjacent to an activating group) is 1. The van der Waals surface area contributed by atoms with E-state index in [2.05, 4.69) is 20.5 Å². The van der Waals surface area contributed by atoms with Crippen molar-refractivity contribution in [3.05, 3.63) is 76.6 Å². The first kappa shape index (κ1) is 19.8. The maximum atomic E-state index is 13.3. The fourth-order valence-electron chi connectivity index (χ4n) is 3.65. The summed E-state index contributed by atoms with van der Waals surface area (Å²) >= 11 is 0. The van der Waals surface area contributed by atoms with E-state index < -0.39 is 11.9 Å². The van der Waals surface area contributed by atoms with Gasteiger partial charge in [0, 0.05) is 19.2 Å². The van der Waals surface area contributed by atoms with E-state index in [-0.39, 0.29) is 17.5 Å². The normalized spacial score (nSPS) is 16.2. The molecule has 0 saturated carbocycles. The van der Waals surface area contributed by atoms with Crippen LogP contribution in [-0.2, 0) is 17.6 Å². The molecule has 2 N–H and O–H groups in total. The highest BCUT2D eigenvalue weighted by Crippen LogP contribution is 2.27. The molecule has 0 saturated heterocycles. The summed E-state index contributed by atoms with van der Waals surface area (Å²) in [5.74, 6) is -0.640. The van der Waals surface area contributed by atoms with Gasteiger partial charge in [-0.2, -0.15) is 0 Å². The second kappa shape index (κ2) is 8.06. The lowest BCUT2D eigenvalue weighted by Crippen LogP contribution is -2.47. The predicted octanol–water partition coefficient (Wildman–Crippen LogP) is 2.55. The molecule has 154 valence electrons. The molecule has 1 atom stereocenters. The number of carbonyl (C=O) groups excluding carboxylic acids is 2. The third-order valence-electron chi connectivity index (χ3n) is 5.23. The minimum absolute atomic E-state index is 0.0468. The lowest BCUT2D eigenvalue weighted by Gasteiger charge is -2.22. The van der Waals surface area contributed by atoms with E-state index in [1.807, 2.05) is 25.1 Å². The number of fused-ring (bicyclic) bond motifs is 1. The number of hydrogen-bond donors (Lipinski definition) is 2. The molecule has 2 heterocycles. The molecule has 0 radical (unpaired) electrons. The number of H-pyrrole nitrogens is 1. The van der Waals surface area contributed by atoms with E-state index in [0.717, 1.165) is 16.8 Å². The van der Waals surface area contributed by atoms with Crippen LogP contribution in [0.15, 0.2) is 42.5 Å². The number of nitrogens with one attached hydrogen (secondary N) is 2. The van der Waals surface area contributed by atoms with Crippen molar-refractivity contribution in [1.29, 1.82) is 0 Å². The summed E-state index contributed by atoms with van der Waals surface area (Å²) < 4.78 is 13.3. The van der Waals surface area contributed by atoms with Gasteiger partial charge in [0.25, 0.3) is 5.91 Å². The molecule has 4 rings (SSSR count). The topological polar surface area (TPSA) is 91.0 Å². The molecule has 1 aliphatic heterocycles. The van der Waals surface area contributed by atoms with Crippen LogP contribution in [0.5, 0.6) is 0 Å². The Bertz CT molecular complexity index is 1110. The number of aromatic amines is 1. The zero-order valence-corrected chi connectivity index (χ0v) is 16.8. The van der Waals surface area contributed by atoms with Crippen LogP contribution in [0.3, 0.4) is 0 Å². The maximum Gasteiger partial charge on any atom is 0.291 e. The molecular weight excluding hydrogens is 385 g/mol. The highest BCUT2D eigenvalue weighted by Gasteiger charge is 2.30. The van der Waals surface area contributed by atoms with E-state index in [9.17, 15) is 14.0 Å². The van der Waals surface area contributed by atoms with Gasteiger partial charge in [0.05, 0.1) is 0 Å². The van der Waals surface area contributed by atoms with Gasteiger partial charge in [0.2, 0.25) is 11.7 Å². The summed E-state index contributed by atoms with van der Waals surface area (Å²) in [6.45, 7) is 1.98. The lowest BCUT2D eigenvalue weighted by molar-refractivity contribution is -0.120. The van der Waals surface area contributed by atoms with Crippen LogP contribution in [0.2, 0.25) is 0 Å². The van der Waals surface area contributed by atoms with Gasteiger partial charge in [-0.05, 0) is 54.7 Å². The lowest BCUT2D eigenvalue weighted by atomic mass is 10.0. The second-order valence-corrected chi connectivity index (χ2v) is 7.51. The van der Waals surface area contributed by atoms with Crippen molar-refractivity contribution in [2.75, 3.05) is 11.9 Å². The van der Waals surface area contributed by atoms with Gasteiger partial charge >= 0.3 is 0 Å². The minimum atomic E-state index is -0.666. The van der Waals surface area contributed by atoms with Crippen LogP contribution in [0.25, 0.3) is 0 Å². The first-order chi connectivity index (χ1) is 14.4. The van der Waals surface area contributed by atoms with Crippen molar-refractivity contribution in [2.24, 2.45) is 0 Å². The molecule has 8 heteroatoms. The standard InChI is InChI=1S/C22H22FN5O2/c1-13-6-7-15-8-9-17(22(30)28(2)18(15)10-13)24-21(29)20-25-19(26-27-20)12-14-4-3-5-16(23)11-14/h3-7,10-11,17H,8-9,12H2,1-2H3,(H,24,29)(H,25,26,27)/t17-/m0/s1. The number of carbonyl (C=O) groups is 2. The Labute approximate surface area is 173 Å². The molecule has 0 spiro atoms. The highest BCUT2D eigenvalue weighted by atomic mass is 19.1. The quantitative estimate of drug-likeness (QED) is 0.695. The molecule has 0 unspecified atom stereocenters. The molecule has 0 bridgehead atoms. The Hall–Kier alpha value is -3.55. The van der Waals surface area contributed by atoms with E-state index in [4.69, 9.17) is 0 Å². The van der Waals surface area contributed by atoms with Gasteiger partial charge in [-0.25, -0.2) is 9.37 Å². The summed E-state index contributed by atoms with van der Waals surface area (Å²) in [6.07, 6.45) is 1.48. The monoisotopic (exact) mass is 407 g/mol. The zero-order valence-electron chi connectivity index (χ0n) is 16.8. The highest BCUT2D eigenvalue weighted by molar-refractivity contribution is 6.02. The number of benzene rings is 2. The fourth-order valence-corrected chi connectivity index (χ4v) is 3.65. The predicted molar refractivity (Wildman–Crippen MR) is 110 cm³/mol. The SMILES string of the molecule is Cc1ccc2c(c1)N(C)C(=O)[C@@H](NC(=O)c1n[nH]c(Cc3cccc(F)c3)n1)CC2. The van der Waals surface area contributed by atoms with Crippen LogP contribution in [0.4, 0.5) is 10.1 Å². The molecule has 7 nitrogen and oxygen atoms in total. The number of halogens is 1. The largest absolute Gasteiger partial charge is 0.337 e. The van der Waals surface area contributed by atoms with Crippen LogP contribution in [0.1, 0.15) is 39.6 Å². The number of aromatic nitrogens is 3. The van der Waals surface area contributed by atoms with Crippen molar-refractivity contribution in [3.8, 4) is 0 Å². The maximum absolute atomic E-state index is 13.3. The van der Waals surface area contributed by atoms with Crippen molar-refractivity contribution < 1.29 is 14.0 Å². The molecule has 2 aromatic carbocycles. The molecule has 1 aliphatic rings. The molecule has 0 fully saturated rings. The molecule has 2 amide bonds. The average molecular weight is 407 g/mol. The van der Waals surface area contributed by atoms with Gasteiger partial charge in [-0.15, -0.1) is 5.10 Å². The van der Waals surface area contributed by atoms with Gasteiger partial charge in [0.1, 0.15) is 17.7 Å². The Morgan fingerprint density at radius 1 is 1.30 bits per heavy atom. The van der Waals surface area contributed by atoms with Gasteiger partial charge in [-0.1, -0.05) is 24.3 Å². The number of anilines is 1. The van der Waals surface area contributed by atoms with Crippen LogP contribution >= 0.6 is 0 Å². The van der Waals surface area contributed by atoms with Gasteiger partial charge in [-0.3, -0.25) is 14.7 Å². The van der Waals surface area contributed by atoms with Crippen molar-refractivity contribution in [1.82, 2.24) is 20.5 Å². The third-order valence-corrected chi connectivity index (χ3v) is 5.23. The van der Waals surface area contributed by atoms with E-state index in [1.165, 1.54) is 12.1 Å². The second-order valence-electron chi connectivity index (χ2n) is 7.51. The minimum Gasteiger partial charge on any atom is -0.337 e. The summed E-state index contributed by atoms with van der Waals surface area (Å²) in [4.78, 5) is 31.3. The van der Waals surface area contributed by atoms with E-state index >= 15 is 0 Å². The number of amides is 2. The summed E-state index contributed by atoms with van der Waals surface area (Å²) in [6, 6.07) is 11.5. The van der Waals surface area contributed by atoms with Crippen molar-refractivity contribution in [3.63, 3.8) is 0 Å². The number of nitrogens with zero attached hydrogens (tertiary/aromatic N) is 3. The summed E-state index contributed by atoms with van der Waals surface area (Å²) in [5, 5.41) is 9.41. The molecule has 0 aliphatic carbocycles. The van der Waals surface area contributed by atoms with E-state index in [0.29, 0.717) is 30.7 Å². The summed E-state index contributed by atoms with van der Waals surface area (Å²) in [5.41, 5.74) is 3.73. The van der Waals surface area contributed by atoms with Crippen LogP contribution < -0.4 is 10.2 Å². The first-order valence-corrected chi connectivity index (χ1v) is 9.74. The van der Waals surface area contributed by atoms with Crippen LogP contribution in [-0.4, -0.2) is 40.1 Å². The molecule has 1 aromatic heterocycles. The molecular formula is C22H22FN5O2.